The molecule has 0 spiro atoms. The monoisotopic (exact) mass is 253 g/mol. The van der Waals surface area contributed by atoms with Gasteiger partial charge in [0.05, 0.1) is 16.1 Å². The molecule has 0 fully saturated rings. The molecule has 1 aliphatic rings. The van der Waals surface area contributed by atoms with Gasteiger partial charge in [-0.1, -0.05) is 17.8 Å². The van der Waals surface area contributed by atoms with E-state index in [-0.39, 0.29) is 5.54 Å². The molecule has 1 aromatic rings. The molecule has 86 valence electrons. The summed E-state index contributed by atoms with van der Waals surface area (Å²) in [5.41, 5.74) is 4.08. The van der Waals surface area contributed by atoms with Crippen molar-refractivity contribution < 1.29 is 0 Å². The minimum Gasteiger partial charge on any atom is -0.256 e. The van der Waals surface area contributed by atoms with Gasteiger partial charge in [0.2, 0.25) is 0 Å². The molecule has 0 radical (unpaired) electrons. The smallest absolute Gasteiger partial charge is 0.178 e. The molecule has 1 aliphatic heterocycles. The van der Waals surface area contributed by atoms with Gasteiger partial charge in [0.25, 0.3) is 0 Å². The van der Waals surface area contributed by atoms with E-state index in [1.807, 2.05) is 6.07 Å². The molecule has 0 saturated carbocycles. The predicted octanol–water partition coefficient (Wildman–Crippen LogP) is 2.94. The van der Waals surface area contributed by atoms with Gasteiger partial charge in [-0.25, -0.2) is 0 Å². The molecule has 0 unspecified atom stereocenters. The van der Waals surface area contributed by atoms with Crippen LogP contribution in [-0.2, 0) is 0 Å². The zero-order chi connectivity index (χ0) is 11.6. The summed E-state index contributed by atoms with van der Waals surface area (Å²) in [6.07, 6.45) is 0. The second kappa shape index (κ2) is 4.59. The van der Waals surface area contributed by atoms with Gasteiger partial charge in [-0.15, -0.1) is 11.3 Å². The van der Waals surface area contributed by atoms with Crippen molar-refractivity contribution in [3.63, 3.8) is 0 Å². The Kier molecular flexibility index (Phi) is 3.35. The van der Waals surface area contributed by atoms with Gasteiger partial charge in [0.15, 0.2) is 5.17 Å². The van der Waals surface area contributed by atoms with Crippen molar-refractivity contribution in [2.75, 3.05) is 5.75 Å². The maximum absolute atomic E-state index is 4.55. The number of amidine groups is 1. The van der Waals surface area contributed by atoms with Crippen molar-refractivity contribution in [2.24, 2.45) is 10.1 Å². The summed E-state index contributed by atoms with van der Waals surface area (Å²) in [7, 11) is 0. The number of aliphatic imine (C=N–C) groups is 1. The summed E-state index contributed by atoms with van der Waals surface area (Å²) in [6, 6.07) is 4.14. The molecular formula is C11H15N3S2. The van der Waals surface area contributed by atoms with Crippen molar-refractivity contribution >= 4 is 34.0 Å². The first-order valence-electron chi connectivity index (χ1n) is 5.14. The highest BCUT2D eigenvalue weighted by molar-refractivity contribution is 8.14. The Morgan fingerprint density at radius 3 is 2.75 bits per heavy atom. The van der Waals surface area contributed by atoms with Gasteiger partial charge < -0.3 is 0 Å². The summed E-state index contributed by atoms with van der Waals surface area (Å²) < 4.78 is 0. The van der Waals surface area contributed by atoms with E-state index >= 15 is 0 Å². The van der Waals surface area contributed by atoms with E-state index in [4.69, 9.17) is 0 Å². The minimum atomic E-state index is -0.0503. The molecule has 0 amide bonds. The zero-order valence-corrected chi connectivity index (χ0v) is 11.3. The van der Waals surface area contributed by atoms with Crippen LogP contribution in [0.3, 0.4) is 0 Å². The van der Waals surface area contributed by atoms with Crippen molar-refractivity contribution in [3.05, 3.63) is 22.4 Å². The first-order chi connectivity index (χ1) is 7.54. The Labute approximate surface area is 104 Å². The Balaban J connectivity index is 2.09. The summed E-state index contributed by atoms with van der Waals surface area (Å²) in [5.74, 6) is 0.891. The molecule has 0 saturated heterocycles. The van der Waals surface area contributed by atoms with E-state index in [0.717, 1.165) is 16.6 Å². The molecule has 1 aromatic heterocycles. The van der Waals surface area contributed by atoms with E-state index < -0.39 is 0 Å². The lowest BCUT2D eigenvalue weighted by molar-refractivity contribution is 0.582. The van der Waals surface area contributed by atoms with Crippen molar-refractivity contribution in [2.45, 2.75) is 26.3 Å². The van der Waals surface area contributed by atoms with E-state index in [9.17, 15) is 0 Å². The van der Waals surface area contributed by atoms with Crippen molar-refractivity contribution in [1.29, 1.82) is 0 Å². The van der Waals surface area contributed by atoms with Gasteiger partial charge in [-0.3, -0.25) is 10.4 Å². The zero-order valence-electron chi connectivity index (χ0n) is 9.65. The largest absolute Gasteiger partial charge is 0.256 e. The highest BCUT2D eigenvalue weighted by Crippen LogP contribution is 2.19. The van der Waals surface area contributed by atoms with Crippen LogP contribution in [-0.4, -0.2) is 22.2 Å². The van der Waals surface area contributed by atoms with Gasteiger partial charge in [0.1, 0.15) is 0 Å². The highest BCUT2D eigenvalue weighted by Gasteiger charge is 2.16. The molecule has 0 bridgehead atoms. The fraction of sp³-hybridized carbons (Fsp3) is 0.455. The van der Waals surface area contributed by atoms with Crippen molar-refractivity contribution in [3.8, 4) is 0 Å². The summed E-state index contributed by atoms with van der Waals surface area (Å²) in [4.78, 5) is 5.78. The number of nitrogens with zero attached hydrogens (tertiary/aromatic N) is 2. The topological polar surface area (TPSA) is 36.8 Å². The third-order valence-corrected chi connectivity index (χ3v) is 3.67. The standard InChI is InChI=1S/C11H15N3S2/c1-11(2,3)12-10-14-13-8(7-16-10)9-5-4-6-15-9/h4-6H,7H2,1-3H3,(H,12,14). The first kappa shape index (κ1) is 11.7. The second-order valence-electron chi connectivity index (χ2n) is 4.52. The normalized spacial score (nSPS) is 19.4. The van der Waals surface area contributed by atoms with Gasteiger partial charge in [-0.2, -0.15) is 5.10 Å². The summed E-state index contributed by atoms with van der Waals surface area (Å²) in [6.45, 7) is 6.25. The third-order valence-electron chi connectivity index (χ3n) is 1.87. The minimum absolute atomic E-state index is 0.0503. The van der Waals surface area contributed by atoms with Crippen LogP contribution in [0.5, 0.6) is 0 Å². The first-order valence-corrected chi connectivity index (χ1v) is 7.00. The SMILES string of the molecule is CC(C)(C)N=C1NN=C(c2cccs2)CS1. The third kappa shape index (κ3) is 3.09. The van der Waals surface area contributed by atoms with Crippen LogP contribution < -0.4 is 5.43 Å². The summed E-state index contributed by atoms with van der Waals surface area (Å²) in [5, 5.41) is 7.34. The Hall–Kier alpha value is -0.810. The average Bonchev–Trinajstić information content (AvgIpc) is 2.69. The Morgan fingerprint density at radius 2 is 2.25 bits per heavy atom. The number of hydrogen-bond acceptors (Lipinski definition) is 4. The number of rotatable bonds is 1. The Bertz CT molecular complexity index is 413. The Morgan fingerprint density at radius 1 is 1.44 bits per heavy atom. The van der Waals surface area contributed by atoms with Gasteiger partial charge >= 0.3 is 0 Å². The molecule has 16 heavy (non-hydrogen) atoms. The fourth-order valence-electron chi connectivity index (χ4n) is 1.25. The number of hydrazone groups is 1. The molecule has 5 heteroatoms. The van der Waals surface area contributed by atoms with Crippen LogP contribution in [0.15, 0.2) is 27.6 Å². The molecule has 0 aromatic carbocycles. The summed E-state index contributed by atoms with van der Waals surface area (Å²) >= 11 is 3.43. The van der Waals surface area contributed by atoms with Gasteiger partial charge in [-0.05, 0) is 32.2 Å². The molecular weight excluding hydrogens is 238 g/mol. The van der Waals surface area contributed by atoms with E-state index in [2.05, 4.69) is 47.7 Å². The lowest BCUT2D eigenvalue weighted by atomic mass is 10.1. The maximum Gasteiger partial charge on any atom is 0.178 e. The molecule has 0 atom stereocenters. The van der Waals surface area contributed by atoms with Crippen LogP contribution >= 0.6 is 23.1 Å². The maximum atomic E-state index is 4.55. The predicted molar refractivity (Wildman–Crippen MR) is 73.6 cm³/mol. The fourth-order valence-corrected chi connectivity index (χ4v) is 3.00. The number of hydrogen-bond donors (Lipinski definition) is 1. The molecule has 0 aliphatic carbocycles. The van der Waals surface area contributed by atoms with Crippen LogP contribution in [0, 0.1) is 0 Å². The molecule has 2 heterocycles. The quantitative estimate of drug-likeness (QED) is 0.835. The van der Waals surface area contributed by atoms with E-state index in [1.165, 1.54) is 4.88 Å². The van der Waals surface area contributed by atoms with Crippen LogP contribution in [0.25, 0.3) is 0 Å². The molecule has 3 nitrogen and oxygen atoms in total. The van der Waals surface area contributed by atoms with Gasteiger partial charge in [0, 0.05) is 5.75 Å². The average molecular weight is 253 g/mol. The number of thiophene rings is 1. The van der Waals surface area contributed by atoms with Crippen LogP contribution in [0.4, 0.5) is 0 Å². The number of nitrogens with one attached hydrogen (secondary N) is 1. The molecule has 2 rings (SSSR count). The highest BCUT2D eigenvalue weighted by atomic mass is 32.2. The molecule has 1 N–H and O–H groups in total. The number of thioether (sulfide) groups is 1. The van der Waals surface area contributed by atoms with E-state index in [0.29, 0.717) is 0 Å². The van der Waals surface area contributed by atoms with E-state index in [1.54, 1.807) is 23.1 Å². The second-order valence-corrected chi connectivity index (χ2v) is 6.44. The van der Waals surface area contributed by atoms with Crippen LogP contribution in [0.1, 0.15) is 25.6 Å². The van der Waals surface area contributed by atoms with Crippen molar-refractivity contribution in [1.82, 2.24) is 5.43 Å². The lowest BCUT2D eigenvalue weighted by Gasteiger charge is -2.18. The van der Waals surface area contributed by atoms with Crippen LogP contribution in [0.2, 0.25) is 0 Å². The lowest BCUT2D eigenvalue weighted by Crippen LogP contribution is -2.27.